The Kier molecular flexibility index (Phi) is 3.52. The molecule has 0 amide bonds. The van der Waals surface area contributed by atoms with Gasteiger partial charge in [0.25, 0.3) is 0 Å². The number of aryl methyl sites for hydroxylation is 1. The summed E-state index contributed by atoms with van der Waals surface area (Å²) in [5.74, 6) is 0.807. The van der Waals surface area contributed by atoms with Gasteiger partial charge < -0.3 is 9.94 Å². The number of benzene rings is 1. The van der Waals surface area contributed by atoms with E-state index in [0.29, 0.717) is 17.2 Å². The summed E-state index contributed by atoms with van der Waals surface area (Å²) in [6.45, 7) is 0. The highest BCUT2D eigenvalue weighted by Crippen LogP contribution is 2.20. The quantitative estimate of drug-likeness (QED) is 0.391. The molecule has 2 aromatic rings. The summed E-state index contributed by atoms with van der Waals surface area (Å²) < 4.78 is 20.1. The van der Waals surface area contributed by atoms with E-state index < -0.39 is 0 Å². The molecule has 1 aromatic carbocycles. The summed E-state index contributed by atoms with van der Waals surface area (Å²) in [5, 5.41) is 11.5. The first-order valence-electron chi connectivity index (χ1n) is 5.29. The van der Waals surface area contributed by atoms with E-state index in [9.17, 15) is 4.39 Å². The SMILES string of the molecule is C[n+]1ccc(Oc2ccc(F)cc2)cc1/C=N/O. The van der Waals surface area contributed by atoms with Crippen LogP contribution in [0.25, 0.3) is 0 Å². The van der Waals surface area contributed by atoms with Gasteiger partial charge in [0.1, 0.15) is 30.6 Å². The van der Waals surface area contributed by atoms with Crippen molar-refractivity contribution in [3.05, 3.63) is 54.1 Å². The van der Waals surface area contributed by atoms with Gasteiger partial charge in [0.2, 0.25) is 5.69 Å². The van der Waals surface area contributed by atoms with Gasteiger partial charge in [-0.3, -0.25) is 0 Å². The smallest absolute Gasteiger partial charge is 0.230 e. The Hall–Kier alpha value is -2.43. The number of pyridine rings is 1. The van der Waals surface area contributed by atoms with E-state index in [0.717, 1.165) is 0 Å². The largest absolute Gasteiger partial charge is 0.457 e. The van der Waals surface area contributed by atoms with Gasteiger partial charge in [0.05, 0.1) is 6.07 Å². The van der Waals surface area contributed by atoms with E-state index in [2.05, 4.69) is 5.16 Å². The van der Waals surface area contributed by atoms with Crippen LogP contribution in [-0.4, -0.2) is 11.4 Å². The lowest BCUT2D eigenvalue weighted by atomic mass is 10.3. The van der Waals surface area contributed by atoms with Crippen molar-refractivity contribution in [2.24, 2.45) is 12.2 Å². The van der Waals surface area contributed by atoms with Crippen LogP contribution in [0.2, 0.25) is 0 Å². The molecule has 2 rings (SSSR count). The van der Waals surface area contributed by atoms with Gasteiger partial charge >= 0.3 is 0 Å². The van der Waals surface area contributed by atoms with Crippen LogP contribution in [0.15, 0.2) is 47.8 Å². The highest BCUT2D eigenvalue weighted by atomic mass is 19.1. The second-order valence-corrected chi connectivity index (χ2v) is 3.70. The molecule has 1 N–H and O–H groups in total. The van der Waals surface area contributed by atoms with Crippen LogP contribution < -0.4 is 9.30 Å². The first-order chi connectivity index (χ1) is 8.69. The fourth-order valence-electron chi connectivity index (χ4n) is 1.46. The second kappa shape index (κ2) is 5.27. The lowest BCUT2D eigenvalue weighted by Crippen LogP contribution is -2.32. The van der Waals surface area contributed by atoms with E-state index in [1.807, 2.05) is 7.05 Å². The zero-order valence-electron chi connectivity index (χ0n) is 9.75. The van der Waals surface area contributed by atoms with Gasteiger partial charge in [-0.1, -0.05) is 5.16 Å². The lowest BCUT2D eigenvalue weighted by molar-refractivity contribution is -0.672. The third-order valence-electron chi connectivity index (χ3n) is 2.40. The van der Waals surface area contributed by atoms with Crippen molar-refractivity contribution >= 4 is 6.21 Å². The Balaban J connectivity index is 2.24. The van der Waals surface area contributed by atoms with Crippen LogP contribution in [0, 0.1) is 5.82 Å². The molecule has 0 bridgehead atoms. The van der Waals surface area contributed by atoms with Crippen LogP contribution in [-0.2, 0) is 7.05 Å². The molecule has 0 aliphatic carbocycles. The van der Waals surface area contributed by atoms with Crippen LogP contribution in [0.5, 0.6) is 11.5 Å². The molecule has 0 saturated heterocycles. The molecule has 0 fully saturated rings. The predicted octanol–water partition coefficient (Wildman–Crippen LogP) is 2.25. The third kappa shape index (κ3) is 2.82. The van der Waals surface area contributed by atoms with Crippen molar-refractivity contribution in [2.75, 3.05) is 0 Å². The molecule has 0 aliphatic rings. The Morgan fingerprint density at radius 1 is 1.22 bits per heavy atom. The summed E-state index contributed by atoms with van der Waals surface area (Å²) in [6, 6.07) is 9.22. The molecule has 92 valence electrons. The predicted molar refractivity (Wildman–Crippen MR) is 63.5 cm³/mol. The standard InChI is InChI=1S/C13H11FN2O2/c1-16-7-6-13(8-11(16)9-15-17)18-12-4-2-10(14)3-5-12/h2-9H,1H3/p+1. The van der Waals surface area contributed by atoms with Gasteiger partial charge in [0, 0.05) is 6.07 Å². The molecule has 0 atom stereocenters. The zero-order valence-corrected chi connectivity index (χ0v) is 9.75. The van der Waals surface area contributed by atoms with E-state index >= 15 is 0 Å². The van der Waals surface area contributed by atoms with Crippen LogP contribution in [0.3, 0.4) is 0 Å². The Morgan fingerprint density at radius 2 is 1.94 bits per heavy atom. The molecule has 1 aromatic heterocycles. The van der Waals surface area contributed by atoms with Crippen molar-refractivity contribution in [2.45, 2.75) is 0 Å². The van der Waals surface area contributed by atoms with Gasteiger partial charge in [-0.2, -0.15) is 4.57 Å². The molecular formula is C13H12FN2O2+. The number of hydrogen-bond donors (Lipinski definition) is 1. The summed E-state index contributed by atoms with van der Waals surface area (Å²) in [4.78, 5) is 0. The number of oxime groups is 1. The number of ether oxygens (including phenoxy) is 1. The maximum atomic E-state index is 12.7. The zero-order chi connectivity index (χ0) is 13.0. The average Bonchev–Trinajstić information content (AvgIpc) is 2.37. The van der Waals surface area contributed by atoms with E-state index in [1.165, 1.54) is 18.3 Å². The summed E-state index contributed by atoms with van der Waals surface area (Å²) in [5.41, 5.74) is 0.678. The number of halogens is 1. The Labute approximate surface area is 104 Å². The van der Waals surface area contributed by atoms with Crippen molar-refractivity contribution < 1.29 is 18.9 Å². The fourth-order valence-corrected chi connectivity index (χ4v) is 1.46. The number of hydrogen-bond acceptors (Lipinski definition) is 3. The Bertz CT molecular complexity index is 568. The van der Waals surface area contributed by atoms with Gasteiger partial charge in [-0.25, -0.2) is 4.39 Å². The highest BCUT2D eigenvalue weighted by molar-refractivity contribution is 5.74. The number of nitrogens with zero attached hydrogens (tertiary/aromatic N) is 2. The van der Waals surface area contributed by atoms with Crippen LogP contribution in [0.4, 0.5) is 4.39 Å². The first kappa shape index (κ1) is 12.0. The molecule has 1 heterocycles. The molecule has 0 saturated carbocycles. The molecule has 0 unspecified atom stereocenters. The summed E-state index contributed by atoms with van der Waals surface area (Å²) in [6.07, 6.45) is 3.08. The van der Waals surface area contributed by atoms with Gasteiger partial charge in [-0.15, -0.1) is 0 Å². The van der Waals surface area contributed by atoms with Gasteiger partial charge in [-0.05, 0) is 24.3 Å². The molecular weight excluding hydrogens is 235 g/mol. The lowest BCUT2D eigenvalue weighted by Gasteiger charge is -2.05. The third-order valence-corrected chi connectivity index (χ3v) is 2.40. The minimum Gasteiger partial charge on any atom is -0.457 e. The molecule has 0 aliphatic heterocycles. The molecule has 0 radical (unpaired) electrons. The normalized spacial score (nSPS) is 10.8. The summed E-state index contributed by atoms with van der Waals surface area (Å²) >= 11 is 0. The van der Waals surface area contributed by atoms with Crippen molar-refractivity contribution in [1.29, 1.82) is 0 Å². The van der Waals surface area contributed by atoms with Crippen molar-refractivity contribution in [3.63, 3.8) is 0 Å². The highest BCUT2D eigenvalue weighted by Gasteiger charge is 2.07. The van der Waals surface area contributed by atoms with Crippen LogP contribution >= 0.6 is 0 Å². The molecule has 4 nitrogen and oxygen atoms in total. The number of aromatic nitrogens is 1. The minimum atomic E-state index is -0.310. The van der Waals surface area contributed by atoms with E-state index in [1.54, 1.807) is 35.0 Å². The second-order valence-electron chi connectivity index (χ2n) is 3.70. The van der Waals surface area contributed by atoms with Crippen molar-refractivity contribution in [3.8, 4) is 11.5 Å². The van der Waals surface area contributed by atoms with Crippen molar-refractivity contribution in [1.82, 2.24) is 0 Å². The molecule has 18 heavy (non-hydrogen) atoms. The molecule has 0 spiro atoms. The minimum absolute atomic E-state index is 0.310. The average molecular weight is 247 g/mol. The Morgan fingerprint density at radius 3 is 2.61 bits per heavy atom. The van der Waals surface area contributed by atoms with Gasteiger partial charge in [0.15, 0.2) is 6.20 Å². The monoisotopic (exact) mass is 247 g/mol. The number of rotatable bonds is 3. The van der Waals surface area contributed by atoms with E-state index in [4.69, 9.17) is 9.94 Å². The van der Waals surface area contributed by atoms with Crippen LogP contribution in [0.1, 0.15) is 5.69 Å². The summed E-state index contributed by atoms with van der Waals surface area (Å²) in [7, 11) is 1.82. The fraction of sp³-hybridized carbons (Fsp3) is 0.0769. The maximum absolute atomic E-state index is 12.7. The first-order valence-corrected chi connectivity index (χ1v) is 5.29. The topological polar surface area (TPSA) is 45.7 Å². The maximum Gasteiger partial charge on any atom is 0.230 e. The molecule has 5 heteroatoms. The van der Waals surface area contributed by atoms with E-state index in [-0.39, 0.29) is 5.82 Å².